The van der Waals surface area contributed by atoms with Crippen molar-refractivity contribution in [1.82, 2.24) is 4.98 Å². The van der Waals surface area contributed by atoms with Crippen molar-refractivity contribution in [3.63, 3.8) is 0 Å². The maximum absolute atomic E-state index is 11.2. The largest absolute Gasteiger partial charge is 0.443 e. The molecule has 0 radical (unpaired) electrons. The van der Waals surface area contributed by atoms with E-state index in [1.54, 1.807) is 18.2 Å². The van der Waals surface area contributed by atoms with Crippen LogP contribution in [-0.2, 0) is 4.79 Å². The number of aliphatic hydroxyl groups is 1. The lowest BCUT2D eigenvalue weighted by Gasteiger charge is -2.06. The number of aromatic nitrogens is 1. The summed E-state index contributed by atoms with van der Waals surface area (Å²) in [5, 5.41) is 11.6. The molecule has 1 aromatic heterocycles. The Morgan fingerprint density at radius 1 is 1.60 bits per heavy atom. The predicted octanol–water partition coefficient (Wildman–Crippen LogP) is 1.15. The van der Waals surface area contributed by atoms with E-state index in [2.05, 4.69) is 10.3 Å². The molecular formula is C10H10N2O3. The van der Waals surface area contributed by atoms with Crippen LogP contribution in [0.3, 0.4) is 0 Å². The second-order valence-corrected chi connectivity index (χ2v) is 3.20. The van der Waals surface area contributed by atoms with E-state index in [0.29, 0.717) is 11.3 Å². The highest BCUT2D eigenvalue weighted by molar-refractivity contribution is 5.95. The topological polar surface area (TPSA) is 75.4 Å². The SMILES string of the molecule is CC(O)C(=O)Nc1ccc2ncoc2c1. The zero-order chi connectivity index (χ0) is 10.8. The highest BCUT2D eigenvalue weighted by Crippen LogP contribution is 2.17. The van der Waals surface area contributed by atoms with Gasteiger partial charge in [0, 0.05) is 11.8 Å². The average Bonchev–Trinajstić information content (AvgIpc) is 2.64. The highest BCUT2D eigenvalue weighted by atomic mass is 16.3. The Labute approximate surface area is 85.7 Å². The fourth-order valence-electron chi connectivity index (χ4n) is 1.18. The predicted molar refractivity (Wildman–Crippen MR) is 54.3 cm³/mol. The minimum atomic E-state index is -1.03. The number of hydrogen-bond donors (Lipinski definition) is 2. The second-order valence-electron chi connectivity index (χ2n) is 3.20. The summed E-state index contributed by atoms with van der Waals surface area (Å²) in [4.78, 5) is 15.1. The summed E-state index contributed by atoms with van der Waals surface area (Å²) in [6.07, 6.45) is 0.306. The molecule has 0 saturated heterocycles. The standard InChI is InChI=1S/C10H10N2O3/c1-6(13)10(14)12-7-2-3-8-9(4-7)15-5-11-8/h2-6,13H,1H3,(H,12,14). The van der Waals surface area contributed by atoms with Gasteiger partial charge in [0.05, 0.1) is 0 Å². The van der Waals surface area contributed by atoms with Gasteiger partial charge in [0.2, 0.25) is 0 Å². The van der Waals surface area contributed by atoms with Gasteiger partial charge in [0.15, 0.2) is 12.0 Å². The summed E-state index contributed by atoms with van der Waals surface area (Å²) in [6, 6.07) is 5.09. The molecule has 78 valence electrons. The molecular weight excluding hydrogens is 196 g/mol. The zero-order valence-corrected chi connectivity index (χ0v) is 8.10. The quantitative estimate of drug-likeness (QED) is 0.772. The smallest absolute Gasteiger partial charge is 0.252 e. The maximum Gasteiger partial charge on any atom is 0.252 e. The van der Waals surface area contributed by atoms with Crippen LogP contribution in [0.1, 0.15) is 6.92 Å². The number of hydrogen-bond acceptors (Lipinski definition) is 4. The van der Waals surface area contributed by atoms with E-state index in [9.17, 15) is 4.79 Å². The van der Waals surface area contributed by atoms with Gasteiger partial charge in [0.1, 0.15) is 11.6 Å². The Morgan fingerprint density at radius 3 is 3.13 bits per heavy atom. The lowest BCUT2D eigenvalue weighted by molar-refractivity contribution is -0.123. The first kappa shape index (κ1) is 9.67. The van der Waals surface area contributed by atoms with Crippen molar-refractivity contribution in [2.24, 2.45) is 0 Å². The van der Waals surface area contributed by atoms with Gasteiger partial charge < -0.3 is 14.8 Å². The molecule has 0 saturated carbocycles. The van der Waals surface area contributed by atoms with Crippen molar-refractivity contribution in [1.29, 1.82) is 0 Å². The first-order valence-electron chi connectivity index (χ1n) is 4.49. The summed E-state index contributed by atoms with van der Waals surface area (Å²) in [5.41, 5.74) is 1.90. The number of carbonyl (C=O) groups excluding carboxylic acids is 1. The first-order chi connectivity index (χ1) is 7.16. The lowest BCUT2D eigenvalue weighted by atomic mass is 10.2. The third kappa shape index (κ3) is 1.97. The van der Waals surface area contributed by atoms with Crippen molar-refractivity contribution in [2.45, 2.75) is 13.0 Å². The third-order valence-corrected chi connectivity index (χ3v) is 1.98. The molecule has 15 heavy (non-hydrogen) atoms. The molecule has 2 rings (SSSR count). The van der Waals surface area contributed by atoms with Gasteiger partial charge in [-0.25, -0.2) is 4.98 Å². The van der Waals surface area contributed by atoms with Gasteiger partial charge in [-0.3, -0.25) is 4.79 Å². The lowest BCUT2D eigenvalue weighted by Crippen LogP contribution is -2.24. The van der Waals surface area contributed by atoms with Crippen LogP contribution >= 0.6 is 0 Å². The summed E-state index contributed by atoms with van der Waals surface area (Å²) in [7, 11) is 0. The minimum Gasteiger partial charge on any atom is -0.443 e. The summed E-state index contributed by atoms with van der Waals surface area (Å²) in [6.45, 7) is 1.41. The van der Waals surface area contributed by atoms with Crippen LogP contribution < -0.4 is 5.32 Å². The molecule has 0 aliphatic heterocycles. The van der Waals surface area contributed by atoms with Gasteiger partial charge in [-0.2, -0.15) is 0 Å². The minimum absolute atomic E-state index is 0.450. The number of nitrogens with zero attached hydrogens (tertiary/aromatic N) is 1. The van der Waals surface area contributed by atoms with Crippen molar-refractivity contribution in [3.05, 3.63) is 24.6 Å². The fraction of sp³-hybridized carbons (Fsp3) is 0.200. The van der Waals surface area contributed by atoms with Gasteiger partial charge in [0.25, 0.3) is 5.91 Å². The molecule has 0 bridgehead atoms. The zero-order valence-electron chi connectivity index (χ0n) is 8.10. The number of rotatable bonds is 2. The van der Waals surface area contributed by atoms with Crippen molar-refractivity contribution >= 4 is 22.7 Å². The van der Waals surface area contributed by atoms with E-state index >= 15 is 0 Å². The van der Waals surface area contributed by atoms with Gasteiger partial charge >= 0.3 is 0 Å². The molecule has 1 atom stereocenters. The molecule has 1 heterocycles. The summed E-state index contributed by atoms with van der Waals surface area (Å²) >= 11 is 0. The van der Waals surface area contributed by atoms with Crippen LogP contribution in [0.2, 0.25) is 0 Å². The Hall–Kier alpha value is -1.88. The molecule has 0 aliphatic carbocycles. The fourth-order valence-corrected chi connectivity index (χ4v) is 1.18. The van der Waals surface area contributed by atoms with E-state index in [-0.39, 0.29) is 0 Å². The first-order valence-corrected chi connectivity index (χ1v) is 4.49. The molecule has 1 amide bonds. The maximum atomic E-state index is 11.2. The van der Waals surface area contributed by atoms with Crippen LogP contribution in [0.15, 0.2) is 29.0 Å². The van der Waals surface area contributed by atoms with Crippen molar-refractivity contribution in [3.8, 4) is 0 Å². The monoisotopic (exact) mass is 206 g/mol. The normalized spacial score (nSPS) is 12.7. The van der Waals surface area contributed by atoms with Crippen molar-refractivity contribution < 1.29 is 14.3 Å². The second kappa shape index (κ2) is 3.70. The van der Waals surface area contributed by atoms with E-state index in [1.165, 1.54) is 13.3 Å². The van der Waals surface area contributed by atoms with E-state index in [1.807, 2.05) is 0 Å². The highest BCUT2D eigenvalue weighted by Gasteiger charge is 2.09. The van der Waals surface area contributed by atoms with Crippen LogP contribution in [-0.4, -0.2) is 22.1 Å². The number of nitrogens with one attached hydrogen (secondary N) is 1. The Balaban J connectivity index is 2.25. The third-order valence-electron chi connectivity index (χ3n) is 1.98. The Bertz CT molecular complexity index is 490. The molecule has 5 nitrogen and oxygen atoms in total. The Morgan fingerprint density at radius 2 is 2.40 bits per heavy atom. The van der Waals surface area contributed by atoms with E-state index < -0.39 is 12.0 Å². The summed E-state index contributed by atoms with van der Waals surface area (Å²) in [5.74, 6) is -0.450. The molecule has 0 fully saturated rings. The van der Waals surface area contributed by atoms with Crippen LogP contribution in [0.5, 0.6) is 0 Å². The number of oxazole rings is 1. The molecule has 5 heteroatoms. The van der Waals surface area contributed by atoms with Crippen LogP contribution in [0.25, 0.3) is 11.1 Å². The molecule has 1 aromatic carbocycles. The van der Waals surface area contributed by atoms with E-state index in [4.69, 9.17) is 9.52 Å². The van der Waals surface area contributed by atoms with E-state index in [0.717, 1.165) is 5.52 Å². The Kier molecular flexibility index (Phi) is 2.39. The van der Waals surface area contributed by atoms with Crippen LogP contribution in [0, 0.1) is 0 Å². The molecule has 2 aromatic rings. The number of anilines is 1. The molecule has 1 unspecified atom stereocenters. The van der Waals surface area contributed by atoms with Gasteiger partial charge in [-0.15, -0.1) is 0 Å². The number of aliphatic hydroxyl groups excluding tert-OH is 1. The summed E-state index contributed by atoms with van der Waals surface area (Å²) < 4.78 is 5.08. The number of benzene rings is 1. The number of amides is 1. The van der Waals surface area contributed by atoms with Crippen LogP contribution in [0.4, 0.5) is 5.69 Å². The van der Waals surface area contributed by atoms with Gasteiger partial charge in [-0.1, -0.05) is 0 Å². The van der Waals surface area contributed by atoms with Gasteiger partial charge in [-0.05, 0) is 19.1 Å². The molecule has 0 spiro atoms. The average molecular weight is 206 g/mol. The number of fused-ring (bicyclic) bond motifs is 1. The molecule has 2 N–H and O–H groups in total. The van der Waals surface area contributed by atoms with Crippen molar-refractivity contribution in [2.75, 3.05) is 5.32 Å². The molecule has 0 aliphatic rings. The number of carbonyl (C=O) groups is 1.